The van der Waals surface area contributed by atoms with Crippen LogP contribution >= 0.6 is 0 Å². The third-order valence-electron chi connectivity index (χ3n) is 4.16. The highest BCUT2D eigenvalue weighted by molar-refractivity contribution is 5.56. The molecule has 3 nitrogen and oxygen atoms in total. The van der Waals surface area contributed by atoms with Gasteiger partial charge in [0, 0.05) is 30.9 Å². The van der Waals surface area contributed by atoms with Crippen LogP contribution in [-0.4, -0.2) is 37.6 Å². The van der Waals surface area contributed by atoms with Crippen LogP contribution in [0.25, 0.3) is 0 Å². The normalized spacial score (nSPS) is 22.6. The lowest BCUT2D eigenvalue weighted by Gasteiger charge is -2.34. The largest absolute Gasteiger partial charge is 0.367 e. The molecule has 0 radical (unpaired) electrons. The first-order chi connectivity index (χ1) is 9.52. The molecule has 1 aliphatic rings. The van der Waals surface area contributed by atoms with Crippen LogP contribution in [0.2, 0.25) is 0 Å². The Hall–Kier alpha value is -1.13. The number of anilines is 1. The van der Waals surface area contributed by atoms with Gasteiger partial charge in [-0.2, -0.15) is 0 Å². The van der Waals surface area contributed by atoms with Crippen LogP contribution in [0.4, 0.5) is 10.1 Å². The van der Waals surface area contributed by atoms with E-state index >= 15 is 0 Å². The van der Waals surface area contributed by atoms with Crippen molar-refractivity contribution in [1.82, 2.24) is 4.90 Å². The predicted molar refractivity (Wildman–Crippen MR) is 82.5 cm³/mol. The molecular formula is C16H26FN3. The first-order valence-electron chi connectivity index (χ1n) is 7.53. The van der Waals surface area contributed by atoms with E-state index in [4.69, 9.17) is 5.73 Å². The molecule has 0 aliphatic carbocycles. The molecule has 20 heavy (non-hydrogen) atoms. The monoisotopic (exact) mass is 279 g/mol. The number of likely N-dealkylation sites (N-methyl/N-ethyl adjacent to an activating group) is 1. The van der Waals surface area contributed by atoms with Crippen molar-refractivity contribution in [2.45, 2.75) is 38.8 Å². The fourth-order valence-corrected chi connectivity index (χ4v) is 3.06. The van der Waals surface area contributed by atoms with E-state index in [1.54, 1.807) is 12.1 Å². The fourth-order valence-electron chi connectivity index (χ4n) is 3.06. The zero-order valence-electron chi connectivity index (χ0n) is 12.8. The van der Waals surface area contributed by atoms with Gasteiger partial charge in [-0.25, -0.2) is 4.39 Å². The molecule has 1 aromatic carbocycles. The Labute approximate surface area is 121 Å². The molecule has 112 valence electrons. The lowest BCUT2D eigenvalue weighted by molar-refractivity contribution is 0.328. The Morgan fingerprint density at radius 1 is 1.40 bits per heavy atom. The maximum atomic E-state index is 13.5. The molecule has 0 spiro atoms. The molecule has 0 saturated carbocycles. The van der Waals surface area contributed by atoms with Crippen LogP contribution in [0.1, 0.15) is 38.3 Å². The zero-order chi connectivity index (χ0) is 14.7. The van der Waals surface area contributed by atoms with E-state index in [1.807, 2.05) is 13.0 Å². The van der Waals surface area contributed by atoms with E-state index in [1.165, 1.54) is 0 Å². The first-order valence-corrected chi connectivity index (χ1v) is 7.53. The number of hydrogen-bond acceptors (Lipinski definition) is 3. The van der Waals surface area contributed by atoms with Gasteiger partial charge in [-0.15, -0.1) is 0 Å². The number of hydrogen-bond donors (Lipinski definition) is 1. The van der Waals surface area contributed by atoms with Crippen LogP contribution in [0.5, 0.6) is 0 Å². The molecule has 1 saturated heterocycles. The number of rotatable bonds is 3. The second kappa shape index (κ2) is 6.55. The second-order valence-electron chi connectivity index (χ2n) is 5.86. The molecule has 0 aromatic heterocycles. The number of halogens is 1. The second-order valence-corrected chi connectivity index (χ2v) is 5.86. The Bertz CT molecular complexity index is 447. The standard InChI is InChI=1S/C16H26FN3/c1-4-14-11-19(3)8-5-9-20(14)16-7-6-13(17)10-15(16)12(2)18/h6-7,10,12,14H,4-5,8-9,11,18H2,1-3H3/t12-,14?/m0/s1. The van der Waals surface area contributed by atoms with Crippen LogP contribution in [0.3, 0.4) is 0 Å². The smallest absolute Gasteiger partial charge is 0.123 e. The minimum Gasteiger partial charge on any atom is -0.367 e. The van der Waals surface area contributed by atoms with Crippen molar-refractivity contribution in [3.63, 3.8) is 0 Å². The van der Waals surface area contributed by atoms with E-state index in [0.717, 1.165) is 43.7 Å². The van der Waals surface area contributed by atoms with Gasteiger partial charge in [0.05, 0.1) is 0 Å². The summed E-state index contributed by atoms with van der Waals surface area (Å²) in [5.74, 6) is -0.207. The van der Waals surface area contributed by atoms with Gasteiger partial charge in [0.25, 0.3) is 0 Å². The molecule has 0 amide bonds. The van der Waals surface area contributed by atoms with Gasteiger partial charge in [0.2, 0.25) is 0 Å². The molecule has 1 heterocycles. The minimum atomic E-state index is -0.207. The van der Waals surface area contributed by atoms with Crippen LogP contribution in [0.15, 0.2) is 18.2 Å². The van der Waals surface area contributed by atoms with Gasteiger partial charge < -0.3 is 15.5 Å². The van der Waals surface area contributed by atoms with E-state index in [9.17, 15) is 4.39 Å². The van der Waals surface area contributed by atoms with Gasteiger partial charge in [0.1, 0.15) is 5.82 Å². The quantitative estimate of drug-likeness (QED) is 0.923. The van der Waals surface area contributed by atoms with Gasteiger partial charge in [-0.05, 0) is 57.1 Å². The maximum Gasteiger partial charge on any atom is 0.123 e. The summed E-state index contributed by atoms with van der Waals surface area (Å²) in [4.78, 5) is 4.80. The van der Waals surface area contributed by atoms with Crippen LogP contribution < -0.4 is 10.6 Å². The van der Waals surface area contributed by atoms with Gasteiger partial charge in [-0.3, -0.25) is 0 Å². The van der Waals surface area contributed by atoms with Gasteiger partial charge in [-0.1, -0.05) is 6.92 Å². The molecule has 2 rings (SSSR count). The van der Waals surface area contributed by atoms with E-state index in [-0.39, 0.29) is 11.9 Å². The SMILES string of the molecule is CCC1CN(C)CCCN1c1ccc(F)cc1[C@H](C)N. The fraction of sp³-hybridized carbons (Fsp3) is 0.625. The predicted octanol–water partition coefficient (Wildman–Crippen LogP) is 2.77. The molecule has 1 aromatic rings. The summed E-state index contributed by atoms with van der Waals surface area (Å²) in [6.07, 6.45) is 2.21. The lowest BCUT2D eigenvalue weighted by atomic mass is 10.0. The first kappa shape index (κ1) is 15.3. The van der Waals surface area contributed by atoms with Gasteiger partial charge >= 0.3 is 0 Å². The van der Waals surface area contributed by atoms with E-state index in [0.29, 0.717) is 6.04 Å². The van der Waals surface area contributed by atoms with Crippen LogP contribution in [-0.2, 0) is 0 Å². The summed E-state index contributed by atoms with van der Waals surface area (Å²) >= 11 is 0. The average molecular weight is 279 g/mol. The van der Waals surface area contributed by atoms with Crippen molar-refractivity contribution in [1.29, 1.82) is 0 Å². The van der Waals surface area contributed by atoms with Crippen molar-refractivity contribution >= 4 is 5.69 Å². The van der Waals surface area contributed by atoms with Crippen molar-refractivity contribution < 1.29 is 4.39 Å². The number of benzene rings is 1. The molecular weight excluding hydrogens is 253 g/mol. The zero-order valence-corrected chi connectivity index (χ0v) is 12.8. The van der Waals surface area contributed by atoms with E-state index in [2.05, 4.69) is 23.8 Å². The molecule has 2 N–H and O–H groups in total. The third-order valence-corrected chi connectivity index (χ3v) is 4.16. The molecule has 4 heteroatoms. The van der Waals surface area contributed by atoms with E-state index < -0.39 is 0 Å². The summed E-state index contributed by atoms with van der Waals surface area (Å²) in [6.45, 7) is 7.30. The Morgan fingerprint density at radius 3 is 2.80 bits per heavy atom. The highest BCUT2D eigenvalue weighted by Gasteiger charge is 2.24. The number of nitrogens with zero attached hydrogens (tertiary/aromatic N) is 2. The molecule has 0 bridgehead atoms. The average Bonchev–Trinajstić information content (AvgIpc) is 2.60. The Kier molecular flexibility index (Phi) is 5.00. The third kappa shape index (κ3) is 3.30. The lowest BCUT2D eigenvalue weighted by Crippen LogP contribution is -2.40. The van der Waals surface area contributed by atoms with Crippen molar-refractivity contribution in [2.24, 2.45) is 5.73 Å². The molecule has 1 unspecified atom stereocenters. The van der Waals surface area contributed by atoms with Gasteiger partial charge in [0.15, 0.2) is 0 Å². The molecule has 2 atom stereocenters. The highest BCUT2D eigenvalue weighted by atomic mass is 19.1. The molecule has 1 aliphatic heterocycles. The summed E-state index contributed by atoms with van der Waals surface area (Å²) in [6, 6.07) is 5.33. The summed E-state index contributed by atoms with van der Waals surface area (Å²) in [5.41, 5.74) is 8.05. The minimum absolute atomic E-state index is 0.154. The Morgan fingerprint density at radius 2 is 2.15 bits per heavy atom. The molecule has 1 fully saturated rings. The van der Waals surface area contributed by atoms with Crippen molar-refractivity contribution in [3.8, 4) is 0 Å². The van der Waals surface area contributed by atoms with Crippen molar-refractivity contribution in [3.05, 3.63) is 29.6 Å². The highest BCUT2D eigenvalue weighted by Crippen LogP contribution is 2.29. The maximum absolute atomic E-state index is 13.5. The van der Waals surface area contributed by atoms with Crippen molar-refractivity contribution in [2.75, 3.05) is 31.6 Å². The topological polar surface area (TPSA) is 32.5 Å². The summed E-state index contributed by atoms with van der Waals surface area (Å²) in [5, 5.41) is 0. The summed E-state index contributed by atoms with van der Waals surface area (Å²) in [7, 11) is 2.17. The Balaban J connectivity index is 2.37. The van der Waals surface area contributed by atoms with Crippen LogP contribution in [0, 0.1) is 5.82 Å². The number of nitrogens with two attached hydrogens (primary N) is 1. The summed E-state index contributed by atoms with van der Waals surface area (Å²) < 4.78 is 13.5.